The molecule has 1 fully saturated rings. The third kappa shape index (κ3) is 2.66. The fourth-order valence-corrected chi connectivity index (χ4v) is 3.86. The van der Waals surface area contributed by atoms with Crippen LogP contribution in [-0.4, -0.2) is 53.1 Å². The van der Waals surface area contributed by atoms with Crippen molar-refractivity contribution in [2.24, 2.45) is 0 Å². The summed E-state index contributed by atoms with van der Waals surface area (Å²) in [5.41, 5.74) is 3.09. The van der Waals surface area contributed by atoms with Gasteiger partial charge in [0.2, 0.25) is 0 Å². The van der Waals surface area contributed by atoms with Gasteiger partial charge >= 0.3 is 0 Å². The van der Waals surface area contributed by atoms with Crippen molar-refractivity contribution in [1.29, 1.82) is 0 Å². The molecule has 1 aromatic carbocycles. The first kappa shape index (κ1) is 16.9. The van der Waals surface area contributed by atoms with Gasteiger partial charge in [0, 0.05) is 37.4 Å². The lowest BCUT2D eigenvalue weighted by Crippen LogP contribution is -2.44. The average Bonchev–Trinajstić information content (AvgIpc) is 3.16. The van der Waals surface area contributed by atoms with Gasteiger partial charge in [0.15, 0.2) is 5.82 Å². The Hall–Kier alpha value is -3.19. The molecule has 7 heteroatoms. The first-order valence-electron chi connectivity index (χ1n) is 9.35. The van der Waals surface area contributed by atoms with Crippen molar-refractivity contribution < 1.29 is 4.39 Å². The molecule has 0 amide bonds. The van der Waals surface area contributed by atoms with Crippen molar-refractivity contribution in [3.8, 4) is 22.6 Å². The third-order valence-corrected chi connectivity index (χ3v) is 5.44. The zero-order chi connectivity index (χ0) is 19.3. The monoisotopic (exact) mass is 377 g/mol. The van der Waals surface area contributed by atoms with Crippen LogP contribution in [-0.2, 0) is 0 Å². The molecule has 0 radical (unpaired) electrons. The lowest BCUT2D eigenvalue weighted by atomic mass is 10.1. The van der Waals surface area contributed by atoms with Crippen LogP contribution in [0.25, 0.3) is 33.7 Å². The fraction of sp³-hybridized carbons (Fsp3) is 0.238. The molecule has 1 aliphatic carbocycles. The smallest absolute Gasteiger partial charge is 0.260 e. The van der Waals surface area contributed by atoms with E-state index in [1.165, 1.54) is 0 Å². The number of hydrogen-bond donors (Lipinski definition) is 2. The lowest BCUT2D eigenvalue weighted by Gasteiger charge is -2.34. The number of fused-ring (bicyclic) bond motifs is 2. The van der Waals surface area contributed by atoms with E-state index in [1.54, 1.807) is 6.07 Å². The SMILES string of the molecule is CN1CCN(c2ccc3[nH]c(-c4c5cccccc-5[nH]c4=O)nc3c2F)CC1. The Morgan fingerprint density at radius 2 is 1.79 bits per heavy atom. The molecule has 0 atom stereocenters. The van der Waals surface area contributed by atoms with Crippen LogP contribution in [0.4, 0.5) is 10.1 Å². The highest BCUT2D eigenvalue weighted by Gasteiger charge is 2.23. The van der Waals surface area contributed by atoms with E-state index in [0.717, 1.165) is 37.4 Å². The van der Waals surface area contributed by atoms with E-state index in [-0.39, 0.29) is 16.9 Å². The predicted octanol–water partition coefficient (Wildman–Crippen LogP) is 2.91. The van der Waals surface area contributed by atoms with Gasteiger partial charge in [0.1, 0.15) is 11.3 Å². The second kappa shape index (κ2) is 6.45. The number of H-pyrrole nitrogens is 2. The molecule has 2 aliphatic heterocycles. The van der Waals surface area contributed by atoms with Gasteiger partial charge in [-0.1, -0.05) is 24.3 Å². The Bertz CT molecular complexity index is 1190. The van der Waals surface area contributed by atoms with Crippen LogP contribution >= 0.6 is 0 Å². The van der Waals surface area contributed by atoms with E-state index in [0.29, 0.717) is 22.6 Å². The maximum Gasteiger partial charge on any atom is 0.260 e. The summed E-state index contributed by atoms with van der Waals surface area (Å²) in [5, 5.41) is 0. The number of nitrogens with zero attached hydrogens (tertiary/aromatic N) is 3. The zero-order valence-electron chi connectivity index (χ0n) is 15.5. The van der Waals surface area contributed by atoms with Gasteiger partial charge in [0.25, 0.3) is 5.56 Å². The minimum Gasteiger partial charge on any atom is -0.367 e. The van der Waals surface area contributed by atoms with Crippen LogP contribution in [0.3, 0.4) is 0 Å². The molecule has 6 nitrogen and oxygen atoms in total. The summed E-state index contributed by atoms with van der Waals surface area (Å²) in [7, 11) is 2.07. The molecule has 0 unspecified atom stereocenters. The highest BCUT2D eigenvalue weighted by Crippen LogP contribution is 2.32. The van der Waals surface area contributed by atoms with E-state index in [1.807, 2.05) is 41.3 Å². The van der Waals surface area contributed by atoms with Gasteiger partial charge in [0.05, 0.1) is 16.8 Å². The fourth-order valence-electron chi connectivity index (χ4n) is 3.86. The molecule has 28 heavy (non-hydrogen) atoms. The largest absolute Gasteiger partial charge is 0.367 e. The number of imidazole rings is 1. The van der Waals surface area contributed by atoms with Crippen molar-refractivity contribution in [1.82, 2.24) is 19.9 Å². The molecule has 2 N–H and O–H groups in total. The standard InChI is InChI=1S/C21H20FN5O/c1-26-9-11-27(12-10-26)16-8-7-15-19(18(16)22)25-20(23-15)17-13-5-3-2-4-6-14(13)24-21(17)28/h2-8H,9-12H2,1H3,(H,23,25)(H,24,28). The van der Waals surface area contributed by atoms with Crippen LogP contribution < -0.4 is 10.5 Å². The van der Waals surface area contributed by atoms with Gasteiger partial charge in [-0.25, -0.2) is 9.37 Å². The summed E-state index contributed by atoms with van der Waals surface area (Å²) in [4.78, 5) is 27.2. The van der Waals surface area contributed by atoms with E-state index in [4.69, 9.17) is 0 Å². The number of likely N-dealkylation sites (N-methyl/N-ethyl adjacent to an activating group) is 1. The van der Waals surface area contributed by atoms with Crippen LogP contribution in [0.1, 0.15) is 0 Å². The van der Waals surface area contributed by atoms with Crippen molar-refractivity contribution in [3.63, 3.8) is 0 Å². The summed E-state index contributed by atoms with van der Waals surface area (Å²) in [6.07, 6.45) is 0. The predicted molar refractivity (Wildman–Crippen MR) is 108 cm³/mol. The number of benzene rings is 1. The van der Waals surface area contributed by atoms with E-state index in [2.05, 4.69) is 26.9 Å². The van der Waals surface area contributed by atoms with Crippen LogP contribution in [0.5, 0.6) is 0 Å². The number of rotatable bonds is 2. The van der Waals surface area contributed by atoms with E-state index < -0.39 is 0 Å². The van der Waals surface area contributed by atoms with E-state index >= 15 is 4.39 Å². The van der Waals surface area contributed by atoms with E-state index in [9.17, 15) is 4.79 Å². The molecular weight excluding hydrogens is 357 g/mol. The third-order valence-electron chi connectivity index (χ3n) is 5.44. The number of hydrogen-bond acceptors (Lipinski definition) is 4. The zero-order valence-corrected chi connectivity index (χ0v) is 15.5. The molecule has 1 saturated heterocycles. The summed E-state index contributed by atoms with van der Waals surface area (Å²) >= 11 is 0. The van der Waals surface area contributed by atoms with Gasteiger partial charge in [-0.05, 0) is 25.2 Å². The molecule has 5 rings (SSSR count). The van der Waals surface area contributed by atoms with Crippen LogP contribution in [0.15, 0.2) is 47.3 Å². The quantitative estimate of drug-likeness (QED) is 0.564. The molecule has 0 spiro atoms. The molecule has 1 aromatic heterocycles. The second-order valence-electron chi connectivity index (χ2n) is 7.24. The highest BCUT2D eigenvalue weighted by atomic mass is 19.1. The summed E-state index contributed by atoms with van der Waals surface area (Å²) < 4.78 is 15.3. The van der Waals surface area contributed by atoms with Gasteiger partial charge in [-0.15, -0.1) is 0 Å². The molecule has 3 aliphatic rings. The van der Waals surface area contributed by atoms with Gasteiger partial charge in [-0.2, -0.15) is 0 Å². The van der Waals surface area contributed by atoms with Gasteiger partial charge < -0.3 is 19.8 Å². The molecule has 2 aromatic rings. The Morgan fingerprint density at radius 3 is 2.61 bits per heavy atom. The van der Waals surface area contributed by atoms with Crippen molar-refractivity contribution in [2.75, 3.05) is 38.1 Å². The molecular formula is C21H20FN5O. The van der Waals surface area contributed by atoms with Crippen molar-refractivity contribution >= 4 is 16.7 Å². The lowest BCUT2D eigenvalue weighted by molar-refractivity contribution is 0.312. The van der Waals surface area contributed by atoms with Crippen molar-refractivity contribution in [2.45, 2.75) is 0 Å². The minimum atomic E-state index is -0.345. The van der Waals surface area contributed by atoms with Crippen molar-refractivity contribution in [3.05, 3.63) is 58.6 Å². The Kier molecular flexibility index (Phi) is 3.91. The van der Waals surface area contributed by atoms with Gasteiger partial charge in [-0.3, -0.25) is 4.79 Å². The molecule has 0 bridgehead atoms. The average molecular weight is 377 g/mol. The normalized spacial score (nSPS) is 15.6. The second-order valence-corrected chi connectivity index (χ2v) is 7.24. The summed E-state index contributed by atoms with van der Waals surface area (Å²) in [6.45, 7) is 3.35. The molecule has 3 heterocycles. The topological polar surface area (TPSA) is 68.0 Å². The Labute approximate surface area is 161 Å². The summed E-state index contributed by atoms with van der Waals surface area (Å²) in [5.74, 6) is 0.0364. The van der Waals surface area contributed by atoms with Crippen LogP contribution in [0.2, 0.25) is 0 Å². The minimum absolute atomic E-state index is 0.236. The first-order valence-corrected chi connectivity index (χ1v) is 9.35. The molecule has 142 valence electrons. The number of anilines is 1. The molecule has 0 saturated carbocycles. The number of halogens is 1. The maximum atomic E-state index is 15.3. The number of piperazine rings is 1. The number of nitrogens with one attached hydrogen (secondary N) is 2. The Morgan fingerprint density at radius 1 is 1.00 bits per heavy atom. The Balaban J connectivity index is 1.62. The number of aromatic amines is 2. The summed E-state index contributed by atoms with van der Waals surface area (Å²) in [6, 6.07) is 13.0. The maximum absolute atomic E-state index is 15.3. The van der Waals surface area contributed by atoms with Crippen LogP contribution in [0, 0.1) is 5.82 Å². The number of aromatic nitrogens is 3. The first-order chi connectivity index (χ1) is 13.6. The highest BCUT2D eigenvalue weighted by molar-refractivity contribution is 5.87.